The highest BCUT2D eigenvalue weighted by Gasteiger charge is 2.40. The van der Waals surface area contributed by atoms with Crippen LogP contribution in [0, 0.1) is 11.8 Å². The summed E-state index contributed by atoms with van der Waals surface area (Å²) in [6, 6.07) is 10.5. The molecule has 2 saturated heterocycles. The maximum atomic E-state index is 13.1. The van der Waals surface area contributed by atoms with E-state index in [0.29, 0.717) is 18.5 Å². The lowest BCUT2D eigenvalue weighted by Gasteiger charge is -2.36. The van der Waals surface area contributed by atoms with Crippen molar-refractivity contribution in [1.29, 1.82) is 0 Å². The average Bonchev–Trinajstić information content (AvgIpc) is 3.04. The smallest absolute Gasteiger partial charge is 0.317 e. The molecule has 2 bridgehead atoms. The van der Waals surface area contributed by atoms with Crippen molar-refractivity contribution < 1.29 is 19.1 Å². The van der Waals surface area contributed by atoms with Crippen molar-refractivity contribution in [3.05, 3.63) is 35.9 Å². The summed E-state index contributed by atoms with van der Waals surface area (Å²) in [6.07, 6.45) is 11.5. The molecule has 1 aromatic carbocycles. The zero-order valence-corrected chi connectivity index (χ0v) is 21.0. The molecular weight excluding hydrogens is 426 g/mol. The fourth-order valence-corrected chi connectivity index (χ4v) is 5.06. The normalized spacial score (nSPS) is 22.5. The number of piperidine rings is 1. The summed E-state index contributed by atoms with van der Waals surface area (Å²) >= 11 is 0. The van der Waals surface area contributed by atoms with Crippen LogP contribution in [0.25, 0.3) is 0 Å². The Bertz CT molecular complexity index is 814. The molecule has 2 fully saturated rings. The summed E-state index contributed by atoms with van der Waals surface area (Å²) in [4.78, 5) is 27.9. The molecule has 3 rings (SSSR count). The van der Waals surface area contributed by atoms with Crippen LogP contribution in [0.1, 0.15) is 95.5 Å². The molecule has 2 heterocycles. The third-order valence-corrected chi connectivity index (χ3v) is 7.20. The lowest BCUT2D eigenvalue weighted by molar-refractivity contribution is -0.158. The van der Waals surface area contributed by atoms with Crippen molar-refractivity contribution in [3.8, 4) is 11.8 Å². The van der Waals surface area contributed by atoms with E-state index in [4.69, 9.17) is 9.47 Å². The van der Waals surface area contributed by atoms with Crippen molar-refractivity contribution >= 4 is 11.9 Å². The third-order valence-electron chi connectivity index (χ3n) is 7.20. The van der Waals surface area contributed by atoms with Crippen molar-refractivity contribution in [2.45, 2.75) is 108 Å². The van der Waals surface area contributed by atoms with Gasteiger partial charge in [-0.05, 0) is 57.6 Å². The number of nitrogens with zero attached hydrogens (tertiary/aromatic N) is 1. The van der Waals surface area contributed by atoms with Crippen LogP contribution in [-0.2, 0) is 19.1 Å². The molecule has 0 radical (unpaired) electrons. The molecule has 0 spiro atoms. The molecule has 0 aliphatic carbocycles. The predicted molar refractivity (Wildman–Crippen MR) is 134 cm³/mol. The number of unbranched alkanes of at least 4 members (excludes halogenated alkanes) is 5. The number of benzene rings is 1. The number of hydrogen-bond acceptors (Lipinski definition) is 5. The van der Waals surface area contributed by atoms with E-state index < -0.39 is 5.92 Å². The molecule has 186 valence electrons. The Morgan fingerprint density at radius 3 is 2.29 bits per heavy atom. The van der Waals surface area contributed by atoms with E-state index in [1.54, 1.807) is 0 Å². The van der Waals surface area contributed by atoms with Crippen molar-refractivity contribution in [3.63, 3.8) is 0 Å². The van der Waals surface area contributed by atoms with Crippen LogP contribution in [0.4, 0.5) is 0 Å². The van der Waals surface area contributed by atoms with E-state index in [2.05, 4.69) is 30.7 Å². The number of carbonyl (C=O) groups excluding carboxylic acids is 2. The zero-order chi connectivity index (χ0) is 24.2. The quantitative estimate of drug-likeness (QED) is 0.227. The Hall–Kier alpha value is -2.32. The predicted octanol–water partition coefficient (Wildman–Crippen LogP) is 5.63. The highest BCUT2D eigenvalue weighted by molar-refractivity contribution is 5.79. The van der Waals surface area contributed by atoms with Crippen molar-refractivity contribution in [2.24, 2.45) is 0 Å². The summed E-state index contributed by atoms with van der Waals surface area (Å²) in [5.41, 5.74) is 0.828. The second-order valence-electron chi connectivity index (χ2n) is 9.74. The third kappa shape index (κ3) is 8.17. The van der Waals surface area contributed by atoms with E-state index in [1.807, 2.05) is 30.3 Å². The van der Waals surface area contributed by atoms with Crippen LogP contribution in [0.5, 0.6) is 0 Å². The van der Waals surface area contributed by atoms with Gasteiger partial charge >= 0.3 is 11.9 Å². The topological polar surface area (TPSA) is 55.8 Å². The maximum absolute atomic E-state index is 13.1. The molecule has 2 aliphatic rings. The number of rotatable bonds is 12. The van der Waals surface area contributed by atoms with Gasteiger partial charge in [0, 0.05) is 31.3 Å². The van der Waals surface area contributed by atoms with Crippen molar-refractivity contribution in [2.75, 3.05) is 13.7 Å². The Balaban J connectivity index is 1.43. The molecule has 1 aromatic rings. The van der Waals surface area contributed by atoms with Gasteiger partial charge in [-0.25, -0.2) is 0 Å². The Morgan fingerprint density at radius 1 is 1.00 bits per heavy atom. The van der Waals surface area contributed by atoms with Crippen LogP contribution in [0.15, 0.2) is 30.3 Å². The molecule has 34 heavy (non-hydrogen) atoms. The SMILES string of the molecule is CCCCCC#CCCCCC(=O)OCC(C(=O)OC1C[C@H]2CC[C@@H](C1)N2C)c1ccccc1. The second kappa shape index (κ2) is 14.2. The number of fused-ring (bicyclic) bond motifs is 2. The fraction of sp³-hybridized carbons (Fsp3) is 0.655. The number of ether oxygens (including phenoxy) is 2. The molecule has 0 N–H and O–H groups in total. The first-order valence-electron chi connectivity index (χ1n) is 13.2. The zero-order valence-electron chi connectivity index (χ0n) is 21.0. The second-order valence-corrected chi connectivity index (χ2v) is 9.74. The highest BCUT2D eigenvalue weighted by Crippen LogP contribution is 2.36. The molecule has 2 unspecified atom stereocenters. The maximum Gasteiger partial charge on any atom is 0.317 e. The summed E-state index contributed by atoms with van der Waals surface area (Å²) < 4.78 is 11.5. The van der Waals surface area contributed by atoms with Gasteiger partial charge in [0.25, 0.3) is 0 Å². The molecule has 0 amide bonds. The van der Waals surface area contributed by atoms with E-state index in [0.717, 1.165) is 44.1 Å². The first-order valence-corrected chi connectivity index (χ1v) is 13.2. The molecular formula is C29H41NO4. The number of esters is 2. The van der Waals surface area contributed by atoms with E-state index in [1.165, 1.54) is 32.1 Å². The molecule has 2 aliphatic heterocycles. The summed E-state index contributed by atoms with van der Waals surface area (Å²) in [5, 5.41) is 0. The summed E-state index contributed by atoms with van der Waals surface area (Å²) in [5.74, 6) is 5.26. The van der Waals surface area contributed by atoms with Gasteiger partial charge in [0.05, 0.1) is 0 Å². The fourth-order valence-electron chi connectivity index (χ4n) is 5.06. The van der Waals surface area contributed by atoms with Crippen molar-refractivity contribution in [1.82, 2.24) is 4.90 Å². The number of carbonyl (C=O) groups is 2. The molecule has 0 aromatic heterocycles. The van der Waals surface area contributed by atoms with Gasteiger partial charge < -0.3 is 14.4 Å². The van der Waals surface area contributed by atoms with Gasteiger partial charge in [0.15, 0.2) is 0 Å². The van der Waals surface area contributed by atoms with Gasteiger partial charge in [-0.1, -0.05) is 50.1 Å². The standard InChI is InChI=1S/C29H41NO4/c1-3-4-5-6-7-8-9-10-14-17-28(31)33-22-27(23-15-12-11-13-16-23)29(32)34-26-20-24-18-19-25(21-26)30(24)2/h11-13,15-16,24-27H,3-6,9-10,14,17-22H2,1-2H3/t24-,25+,26?,27?. The molecule has 4 atom stereocenters. The van der Waals surface area contributed by atoms with Gasteiger partial charge in [0.2, 0.25) is 0 Å². The minimum atomic E-state index is -0.587. The Labute approximate surface area is 205 Å². The minimum Gasteiger partial charge on any atom is -0.464 e. The largest absolute Gasteiger partial charge is 0.464 e. The molecule has 0 saturated carbocycles. The van der Waals surface area contributed by atoms with Crippen LogP contribution in [0.3, 0.4) is 0 Å². The van der Waals surface area contributed by atoms with Crippen LogP contribution in [0.2, 0.25) is 0 Å². The van der Waals surface area contributed by atoms with Gasteiger partial charge in [0.1, 0.15) is 18.6 Å². The lowest BCUT2D eigenvalue weighted by Crippen LogP contribution is -2.44. The summed E-state index contributed by atoms with van der Waals surface area (Å²) in [7, 11) is 2.17. The van der Waals surface area contributed by atoms with E-state index in [-0.39, 0.29) is 24.6 Å². The van der Waals surface area contributed by atoms with E-state index >= 15 is 0 Å². The lowest BCUT2D eigenvalue weighted by atomic mass is 9.98. The number of hydrogen-bond donors (Lipinski definition) is 0. The first kappa shape index (κ1) is 26.3. The van der Waals surface area contributed by atoms with Crippen LogP contribution in [-0.4, -0.2) is 48.7 Å². The minimum absolute atomic E-state index is 0.0262. The molecule has 5 heteroatoms. The first-order chi connectivity index (χ1) is 16.6. The highest BCUT2D eigenvalue weighted by atomic mass is 16.6. The Kier molecular flexibility index (Phi) is 11.0. The molecule has 5 nitrogen and oxygen atoms in total. The monoisotopic (exact) mass is 467 g/mol. The van der Waals surface area contributed by atoms with Gasteiger partial charge in [-0.2, -0.15) is 0 Å². The van der Waals surface area contributed by atoms with Crippen LogP contribution >= 0.6 is 0 Å². The Morgan fingerprint density at radius 2 is 1.65 bits per heavy atom. The van der Waals surface area contributed by atoms with Gasteiger partial charge in [-0.3, -0.25) is 9.59 Å². The van der Waals surface area contributed by atoms with Crippen LogP contribution < -0.4 is 0 Å². The van der Waals surface area contributed by atoms with E-state index in [9.17, 15) is 9.59 Å². The summed E-state index contributed by atoms with van der Waals surface area (Å²) in [6.45, 7) is 2.22. The van der Waals surface area contributed by atoms with Gasteiger partial charge in [-0.15, -0.1) is 11.8 Å². The average molecular weight is 468 g/mol.